The highest BCUT2D eigenvalue weighted by molar-refractivity contribution is 5.93. The predicted molar refractivity (Wildman–Crippen MR) is 120 cm³/mol. The number of nitrogens with one attached hydrogen (secondary N) is 2. The number of amides is 1. The van der Waals surface area contributed by atoms with Crippen molar-refractivity contribution in [1.82, 2.24) is 19.9 Å². The van der Waals surface area contributed by atoms with Crippen LogP contribution in [0.5, 0.6) is 0 Å². The van der Waals surface area contributed by atoms with Crippen molar-refractivity contribution in [1.29, 1.82) is 0 Å². The van der Waals surface area contributed by atoms with Gasteiger partial charge in [0.2, 0.25) is 11.5 Å². The molecule has 1 amide bonds. The summed E-state index contributed by atoms with van der Waals surface area (Å²) in [5.74, 6) is -3.94. The van der Waals surface area contributed by atoms with Crippen molar-refractivity contribution in [3.8, 4) is 0 Å². The van der Waals surface area contributed by atoms with E-state index in [-0.39, 0.29) is 31.0 Å². The molecule has 7 nitrogen and oxygen atoms in total. The van der Waals surface area contributed by atoms with Crippen molar-refractivity contribution in [3.05, 3.63) is 88.2 Å². The third-order valence-electron chi connectivity index (χ3n) is 6.00. The topological polar surface area (TPSA) is 91.0 Å². The van der Waals surface area contributed by atoms with Gasteiger partial charge in [-0.1, -0.05) is 18.2 Å². The Morgan fingerprint density at radius 3 is 2.73 bits per heavy atom. The summed E-state index contributed by atoms with van der Waals surface area (Å²) < 4.78 is 29.2. The number of hydrogen-bond donors (Lipinski definition) is 2. The molecule has 0 bridgehead atoms. The molecule has 1 aliphatic rings. The zero-order valence-electron chi connectivity index (χ0n) is 18.2. The van der Waals surface area contributed by atoms with Crippen molar-refractivity contribution in [2.45, 2.75) is 37.6 Å². The molecule has 172 valence electrons. The molecule has 1 fully saturated rings. The number of pyridine rings is 3. The standard InChI is InChI=1S/C24H25F2N5O2/c1-16(31-10-8-24(25,26)20(15-31)19-5-7-22(32)29-14-19)23(33)30-21-6-4-18(13-28-21)11-17-3-2-9-27-12-17/h2-7,9,12-14,16,20H,8,10-11,15H2,1H3,(H,29,32)(H,28,30,33)/t16?,20-/m1/s1. The largest absolute Gasteiger partial charge is 0.329 e. The van der Waals surface area contributed by atoms with Crippen molar-refractivity contribution in [3.63, 3.8) is 0 Å². The molecule has 2 atom stereocenters. The maximum atomic E-state index is 14.6. The zero-order chi connectivity index (χ0) is 23.4. The van der Waals surface area contributed by atoms with Crippen LogP contribution in [-0.4, -0.2) is 50.8 Å². The fraction of sp³-hybridized carbons (Fsp3) is 0.333. The number of carbonyl (C=O) groups excluding carboxylic acids is 1. The second-order valence-electron chi connectivity index (χ2n) is 8.30. The number of likely N-dealkylation sites (tertiary alicyclic amines) is 1. The predicted octanol–water partition coefficient (Wildman–Crippen LogP) is 3.21. The van der Waals surface area contributed by atoms with Gasteiger partial charge >= 0.3 is 0 Å². The molecule has 0 saturated carbocycles. The van der Waals surface area contributed by atoms with Gasteiger partial charge in [0.25, 0.3) is 5.92 Å². The molecule has 0 spiro atoms. The molecule has 4 heterocycles. The van der Waals surface area contributed by atoms with Crippen molar-refractivity contribution in [2.75, 3.05) is 18.4 Å². The summed E-state index contributed by atoms with van der Waals surface area (Å²) in [5, 5.41) is 2.77. The quantitative estimate of drug-likeness (QED) is 0.598. The normalized spacial score (nSPS) is 19.1. The van der Waals surface area contributed by atoms with Gasteiger partial charge in [-0.3, -0.25) is 19.5 Å². The summed E-state index contributed by atoms with van der Waals surface area (Å²) in [5.41, 5.74) is 2.05. The molecule has 0 aromatic carbocycles. The van der Waals surface area contributed by atoms with E-state index < -0.39 is 17.9 Å². The smallest absolute Gasteiger partial charge is 0.257 e. The number of alkyl halides is 2. The monoisotopic (exact) mass is 453 g/mol. The van der Waals surface area contributed by atoms with Crippen LogP contribution in [0.15, 0.2) is 66.0 Å². The van der Waals surface area contributed by atoms with E-state index in [4.69, 9.17) is 0 Å². The maximum absolute atomic E-state index is 14.6. The molecule has 0 radical (unpaired) electrons. The molecule has 9 heteroatoms. The van der Waals surface area contributed by atoms with Crippen molar-refractivity contribution < 1.29 is 13.6 Å². The van der Waals surface area contributed by atoms with Crippen LogP contribution < -0.4 is 10.9 Å². The first-order chi connectivity index (χ1) is 15.8. The summed E-state index contributed by atoms with van der Waals surface area (Å²) in [4.78, 5) is 36.7. The number of anilines is 1. The third-order valence-corrected chi connectivity index (χ3v) is 6.00. The van der Waals surface area contributed by atoms with E-state index in [0.29, 0.717) is 17.8 Å². The van der Waals surface area contributed by atoms with Gasteiger partial charge in [0, 0.05) is 56.8 Å². The van der Waals surface area contributed by atoms with Crippen LogP contribution in [0.3, 0.4) is 0 Å². The van der Waals surface area contributed by atoms with Gasteiger partial charge in [-0.15, -0.1) is 0 Å². The number of aromatic amines is 1. The van der Waals surface area contributed by atoms with Gasteiger partial charge < -0.3 is 10.3 Å². The van der Waals surface area contributed by atoms with Gasteiger partial charge in [-0.25, -0.2) is 13.8 Å². The number of hydrogen-bond acceptors (Lipinski definition) is 5. The fourth-order valence-corrected chi connectivity index (χ4v) is 4.00. The Bertz CT molecular complexity index is 1130. The second-order valence-corrected chi connectivity index (χ2v) is 8.30. The highest BCUT2D eigenvalue weighted by atomic mass is 19.3. The fourth-order valence-electron chi connectivity index (χ4n) is 4.00. The number of piperidine rings is 1. The molecular formula is C24H25F2N5O2. The Morgan fingerprint density at radius 1 is 1.24 bits per heavy atom. The summed E-state index contributed by atoms with van der Waals surface area (Å²) in [6, 6.07) is 9.50. The molecule has 0 aliphatic carbocycles. The van der Waals surface area contributed by atoms with Crippen LogP contribution in [-0.2, 0) is 11.2 Å². The van der Waals surface area contributed by atoms with E-state index in [2.05, 4.69) is 20.3 Å². The Morgan fingerprint density at radius 2 is 2.06 bits per heavy atom. The van der Waals surface area contributed by atoms with Gasteiger partial charge in [0.05, 0.1) is 12.0 Å². The lowest BCUT2D eigenvalue weighted by atomic mass is 9.87. The number of rotatable bonds is 6. The van der Waals surface area contributed by atoms with E-state index in [1.807, 2.05) is 18.2 Å². The van der Waals surface area contributed by atoms with Crippen molar-refractivity contribution in [2.24, 2.45) is 0 Å². The molecule has 1 saturated heterocycles. The summed E-state index contributed by atoms with van der Waals surface area (Å²) in [7, 11) is 0. The van der Waals surface area contributed by atoms with Crippen LogP contribution >= 0.6 is 0 Å². The van der Waals surface area contributed by atoms with Gasteiger partial charge in [-0.05, 0) is 35.7 Å². The molecule has 4 rings (SSSR count). The lowest BCUT2D eigenvalue weighted by Crippen LogP contribution is -2.52. The van der Waals surface area contributed by atoms with Crippen LogP contribution in [0, 0.1) is 0 Å². The van der Waals surface area contributed by atoms with Gasteiger partial charge in [-0.2, -0.15) is 0 Å². The number of nitrogens with zero attached hydrogens (tertiary/aromatic N) is 3. The minimum Gasteiger partial charge on any atom is -0.329 e. The maximum Gasteiger partial charge on any atom is 0.257 e. The highest BCUT2D eigenvalue weighted by Crippen LogP contribution is 2.40. The molecule has 1 unspecified atom stereocenters. The summed E-state index contributed by atoms with van der Waals surface area (Å²) >= 11 is 0. The SMILES string of the molecule is CC(C(=O)Nc1ccc(Cc2cccnc2)cn1)N1CCC(F)(F)[C@@H](c2ccc(=O)[nH]c2)C1. The van der Waals surface area contributed by atoms with Crippen LogP contribution in [0.2, 0.25) is 0 Å². The Labute approximate surface area is 189 Å². The van der Waals surface area contributed by atoms with E-state index in [0.717, 1.165) is 11.1 Å². The second kappa shape index (κ2) is 9.58. The lowest BCUT2D eigenvalue weighted by Gasteiger charge is -2.40. The van der Waals surface area contributed by atoms with Gasteiger partial charge in [0.1, 0.15) is 5.82 Å². The molecule has 33 heavy (non-hydrogen) atoms. The Hall–Kier alpha value is -3.46. The van der Waals surface area contributed by atoms with Crippen LogP contribution in [0.1, 0.15) is 36.0 Å². The molecule has 2 N–H and O–H groups in total. The summed E-state index contributed by atoms with van der Waals surface area (Å²) in [6.45, 7) is 1.80. The van der Waals surface area contributed by atoms with E-state index in [1.54, 1.807) is 36.5 Å². The number of aromatic nitrogens is 3. The van der Waals surface area contributed by atoms with Crippen LogP contribution in [0.25, 0.3) is 0 Å². The summed E-state index contributed by atoms with van der Waals surface area (Å²) in [6.07, 6.45) is 6.84. The van der Waals surface area contributed by atoms with Crippen molar-refractivity contribution >= 4 is 11.7 Å². The van der Waals surface area contributed by atoms with Crippen LogP contribution in [0.4, 0.5) is 14.6 Å². The Kier molecular flexibility index (Phi) is 6.60. The minimum atomic E-state index is -2.92. The number of carbonyl (C=O) groups is 1. The third kappa shape index (κ3) is 5.48. The molecule has 3 aromatic heterocycles. The Balaban J connectivity index is 1.39. The minimum absolute atomic E-state index is 0.00507. The molecule has 1 aliphatic heterocycles. The first-order valence-electron chi connectivity index (χ1n) is 10.8. The first kappa shape index (κ1) is 22.7. The number of H-pyrrole nitrogens is 1. The highest BCUT2D eigenvalue weighted by Gasteiger charge is 2.46. The first-order valence-corrected chi connectivity index (χ1v) is 10.8. The molecular weight excluding hydrogens is 428 g/mol. The van der Waals surface area contributed by atoms with Gasteiger partial charge in [0.15, 0.2) is 0 Å². The van der Waals surface area contributed by atoms with E-state index in [9.17, 15) is 18.4 Å². The lowest BCUT2D eigenvalue weighted by molar-refractivity contribution is -0.125. The average Bonchev–Trinajstić information content (AvgIpc) is 2.81. The van der Waals surface area contributed by atoms with E-state index in [1.165, 1.54) is 18.3 Å². The molecule has 3 aromatic rings. The average molecular weight is 453 g/mol. The zero-order valence-corrected chi connectivity index (χ0v) is 18.2. The number of halogens is 2. The van der Waals surface area contributed by atoms with E-state index >= 15 is 0 Å².